The number of aromatic nitrogens is 3. The Kier molecular flexibility index (Phi) is 2.68. The third kappa shape index (κ3) is 2.22. The van der Waals surface area contributed by atoms with Crippen molar-refractivity contribution in [2.24, 2.45) is 11.1 Å². The Morgan fingerprint density at radius 2 is 2.12 bits per heavy atom. The van der Waals surface area contributed by atoms with Crippen LogP contribution in [0.25, 0.3) is 5.65 Å². The van der Waals surface area contributed by atoms with Crippen LogP contribution in [0.3, 0.4) is 0 Å². The monoisotopic (exact) mass is 218 g/mol. The second-order valence-electron chi connectivity index (χ2n) is 5.23. The molecule has 0 aliphatic carbocycles. The van der Waals surface area contributed by atoms with Gasteiger partial charge < -0.3 is 5.73 Å². The fourth-order valence-electron chi connectivity index (χ4n) is 1.50. The molecular formula is C12H18N4. The van der Waals surface area contributed by atoms with Crippen LogP contribution in [-0.2, 0) is 6.42 Å². The lowest BCUT2D eigenvalue weighted by Gasteiger charge is -2.26. The summed E-state index contributed by atoms with van der Waals surface area (Å²) < 4.78 is 1.76. The van der Waals surface area contributed by atoms with E-state index in [4.69, 9.17) is 5.73 Å². The molecule has 4 heteroatoms. The fraction of sp³-hybridized carbons (Fsp3) is 0.500. The summed E-state index contributed by atoms with van der Waals surface area (Å²) in [7, 11) is 0. The van der Waals surface area contributed by atoms with E-state index in [1.165, 1.54) is 0 Å². The molecule has 0 spiro atoms. The lowest BCUT2D eigenvalue weighted by Crippen LogP contribution is -2.37. The quantitative estimate of drug-likeness (QED) is 0.833. The van der Waals surface area contributed by atoms with Gasteiger partial charge in [-0.3, -0.25) is 0 Å². The largest absolute Gasteiger partial charge is 0.327 e. The van der Waals surface area contributed by atoms with Gasteiger partial charge in [0.15, 0.2) is 5.65 Å². The van der Waals surface area contributed by atoms with Crippen LogP contribution in [0.15, 0.2) is 24.5 Å². The molecule has 0 aliphatic rings. The maximum absolute atomic E-state index is 6.14. The first-order valence-electron chi connectivity index (χ1n) is 5.52. The van der Waals surface area contributed by atoms with E-state index in [1.807, 2.05) is 18.3 Å². The minimum absolute atomic E-state index is 0.105. The van der Waals surface area contributed by atoms with Crippen molar-refractivity contribution in [2.45, 2.75) is 33.2 Å². The maximum Gasteiger partial charge on any atom is 0.155 e. The Morgan fingerprint density at radius 3 is 2.81 bits per heavy atom. The molecule has 16 heavy (non-hydrogen) atoms. The average molecular weight is 218 g/mol. The van der Waals surface area contributed by atoms with Crippen molar-refractivity contribution in [2.75, 3.05) is 0 Å². The van der Waals surface area contributed by atoms with E-state index in [1.54, 1.807) is 10.7 Å². The summed E-state index contributed by atoms with van der Waals surface area (Å²) in [6.07, 6.45) is 4.47. The number of hydrogen-bond donors (Lipinski definition) is 1. The van der Waals surface area contributed by atoms with Crippen LogP contribution in [0.2, 0.25) is 0 Å². The Hall–Kier alpha value is -1.42. The molecule has 0 radical (unpaired) electrons. The molecule has 4 nitrogen and oxygen atoms in total. The van der Waals surface area contributed by atoms with E-state index in [2.05, 4.69) is 30.9 Å². The molecule has 86 valence electrons. The lowest BCUT2D eigenvalue weighted by molar-refractivity contribution is 0.317. The minimum atomic E-state index is 0.105. The smallest absolute Gasteiger partial charge is 0.155 e. The van der Waals surface area contributed by atoms with Gasteiger partial charge in [0.2, 0.25) is 0 Å². The first kappa shape index (κ1) is 11.1. The van der Waals surface area contributed by atoms with Gasteiger partial charge in [0.1, 0.15) is 0 Å². The fourth-order valence-corrected chi connectivity index (χ4v) is 1.50. The van der Waals surface area contributed by atoms with Gasteiger partial charge in [-0.1, -0.05) is 20.8 Å². The van der Waals surface area contributed by atoms with Gasteiger partial charge in [-0.05, 0) is 11.5 Å². The zero-order valence-corrected chi connectivity index (χ0v) is 10.0. The molecule has 0 saturated heterocycles. The lowest BCUT2D eigenvalue weighted by atomic mass is 9.85. The molecule has 2 N–H and O–H groups in total. The van der Waals surface area contributed by atoms with Gasteiger partial charge in [-0.2, -0.15) is 5.10 Å². The minimum Gasteiger partial charge on any atom is -0.327 e. The molecule has 0 aliphatic heterocycles. The predicted octanol–water partition coefficient (Wildman–Crippen LogP) is 1.65. The van der Waals surface area contributed by atoms with Crippen LogP contribution in [0.1, 0.15) is 26.5 Å². The highest BCUT2D eigenvalue weighted by Gasteiger charge is 2.21. The van der Waals surface area contributed by atoms with Crippen LogP contribution in [0.5, 0.6) is 0 Å². The van der Waals surface area contributed by atoms with Gasteiger partial charge in [0, 0.05) is 30.4 Å². The topological polar surface area (TPSA) is 56.2 Å². The zero-order valence-electron chi connectivity index (χ0n) is 10.0. The van der Waals surface area contributed by atoms with Crippen LogP contribution < -0.4 is 5.73 Å². The van der Waals surface area contributed by atoms with Crippen LogP contribution in [0.4, 0.5) is 0 Å². The van der Waals surface area contributed by atoms with E-state index in [9.17, 15) is 0 Å². The van der Waals surface area contributed by atoms with Crippen molar-refractivity contribution in [1.29, 1.82) is 0 Å². The molecule has 1 unspecified atom stereocenters. The second-order valence-corrected chi connectivity index (χ2v) is 5.23. The first-order chi connectivity index (χ1) is 7.47. The van der Waals surface area contributed by atoms with Crippen molar-refractivity contribution in [1.82, 2.24) is 14.6 Å². The van der Waals surface area contributed by atoms with Gasteiger partial charge in [0.25, 0.3) is 0 Å². The Morgan fingerprint density at radius 1 is 1.38 bits per heavy atom. The van der Waals surface area contributed by atoms with E-state index in [-0.39, 0.29) is 11.5 Å². The summed E-state index contributed by atoms with van der Waals surface area (Å²) in [5.41, 5.74) is 8.14. The van der Waals surface area contributed by atoms with Crippen LogP contribution >= 0.6 is 0 Å². The van der Waals surface area contributed by atoms with Crippen LogP contribution in [0, 0.1) is 5.41 Å². The molecule has 2 rings (SSSR count). The Bertz CT molecular complexity index is 481. The molecule has 2 aromatic heterocycles. The number of nitrogens with two attached hydrogens (primary N) is 1. The first-order valence-corrected chi connectivity index (χ1v) is 5.52. The third-order valence-corrected chi connectivity index (χ3v) is 2.86. The normalized spacial score (nSPS) is 14.2. The second kappa shape index (κ2) is 3.87. The molecular weight excluding hydrogens is 200 g/mol. The van der Waals surface area contributed by atoms with Crippen LogP contribution in [-0.4, -0.2) is 20.6 Å². The average Bonchev–Trinajstić information content (AvgIpc) is 2.63. The van der Waals surface area contributed by atoms with Gasteiger partial charge in [-0.25, -0.2) is 9.50 Å². The number of hydrogen-bond acceptors (Lipinski definition) is 3. The summed E-state index contributed by atoms with van der Waals surface area (Å²) in [6, 6.07) is 3.99. The SMILES string of the molecule is CC(C)(C)C(N)Cc1ccn2nccc2n1. The van der Waals surface area contributed by atoms with Gasteiger partial charge in [0.05, 0.1) is 6.20 Å². The molecule has 2 heterocycles. The molecule has 0 saturated carbocycles. The number of nitrogens with zero attached hydrogens (tertiary/aromatic N) is 3. The highest BCUT2D eigenvalue weighted by Crippen LogP contribution is 2.20. The van der Waals surface area contributed by atoms with E-state index in [0.717, 1.165) is 17.8 Å². The van der Waals surface area contributed by atoms with E-state index in [0.29, 0.717) is 0 Å². The summed E-state index contributed by atoms with van der Waals surface area (Å²) in [6.45, 7) is 6.44. The highest BCUT2D eigenvalue weighted by atomic mass is 15.2. The molecule has 0 fully saturated rings. The van der Waals surface area contributed by atoms with E-state index < -0.39 is 0 Å². The van der Waals surface area contributed by atoms with Gasteiger partial charge >= 0.3 is 0 Å². The van der Waals surface area contributed by atoms with Crippen molar-refractivity contribution in [3.8, 4) is 0 Å². The maximum atomic E-state index is 6.14. The summed E-state index contributed by atoms with van der Waals surface area (Å²) in [4.78, 5) is 4.51. The zero-order chi connectivity index (χ0) is 11.8. The number of rotatable bonds is 2. The van der Waals surface area contributed by atoms with Crippen molar-refractivity contribution < 1.29 is 0 Å². The van der Waals surface area contributed by atoms with Crippen molar-refractivity contribution in [3.05, 3.63) is 30.2 Å². The Labute approximate surface area is 95.5 Å². The predicted molar refractivity (Wildman–Crippen MR) is 64.1 cm³/mol. The molecule has 0 aromatic carbocycles. The third-order valence-electron chi connectivity index (χ3n) is 2.86. The molecule has 1 atom stereocenters. The Balaban J connectivity index is 2.21. The molecule has 0 bridgehead atoms. The number of fused-ring (bicyclic) bond motifs is 1. The standard InChI is InChI=1S/C12H18N4/c1-12(2,3)10(13)8-9-5-7-16-11(15-9)4-6-14-16/h4-7,10H,8,13H2,1-3H3. The molecule has 0 amide bonds. The highest BCUT2D eigenvalue weighted by molar-refractivity contribution is 5.36. The van der Waals surface area contributed by atoms with Crippen molar-refractivity contribution >= 4 is 5.65 Å². The molecule has 2 aromatic rings. The summed E-state index contributed by atoms with van der Waals surface area (Å²) in [5.74, 6) is 0. The van der Waals surface area contributed by atoms with Crippen molar-refractivity contribution in [3.63, 3.8) is 0 Å². The summed E-state index contributed by atoms with van der Waals surface area (Å²) in [5, 5.41) is 4.11. The summed E-state index contributed by atoms with van der Waals surface area (Å²) >= 11 is 0. The van der Waals surface area contributed by atoms with Gasteiger partial charge in [-0.15, -0.1) is 0 Å². The van der Waals surface area contributed by atoms with E-state index >= 15 is 0 Å².